The van der Waals surface area contributed by atoms with Crippen LogP contribution in [0.1, 0.15) is 44.9 Å². The van der Waals surface area contributed by atoms with Crippen molar-refractivity contribution in [1.82, 2.24) is 0 Å². The highest BCUT2D eigenvalue weighted by Gasteiger charge is 2.47. The van der Waals surface area contributed by atoms with Gasteiger partial charge in [0.05, 0.1) is 12.2 Å². The van der Waals surface area contributed by atoms with Crippen LogP contribution >= 0.6 is 23.4 Å². The van der Waals surface area contributed by atoms with Crippen LogP contribution in [0, 0.1) is 11.8 Å². The van der Waals surface area contributed by atoms with E-state index in [-0.39, 0.29) is 6.42 Å². The van der Waals surface area contributed by atoms with Gasteiger partial charge in [-0.2, -0.15) is 11.8 Å². The number of hydrogen-bond donors (Lipinski definition) is 1. The van der Waals surface area contributed by atoms with Crippen molar-refractivity contribution in [2.75, 3.05) is 17.4 Å². The van der Waals surface area contributed by atoms with Crippen LogP contribution in [0.5, 0.6) is 0 Å². The minimum Gasteiger partial charge on any atom is -0.481 e. The number of carbonyl (C=O) groups is 1. The second kappa shape index (κ2) is 11.2. The Morgan fingerprint density at radius 1 is 1.12 bits per heavy atom. The molecule has 3 nitrogen and oxygen atoms in total. The first kappa shape index (κ1) is 19.9. The molecule has 1 N–H and O–H groups in total. The number of rotatable bonds is 12. The van der Waals surface area contributed by atoms with E-state index >= 15 is 0 Å². The van der Waals surface area contributed by atoms with Crippen LogP contribution in [0.4, 0.5) is 0 Å². The molecule has 0 radical (unpaired) electrons. The highest BCUT2D eigenvalue weighted by molar-refractivity contribution is 7.99. The number of fused-ring (bicyclic) bond motifs is 2. The van der Waals surface area contributed by atoms with E-state index in [2.05, 4.69) is 24.3 Å². The van der Waals surface area contributed by atoms with E-state index in [9.17, 15) is 4.79 Å². The summed E-state index contributed by atoms with van der Waals surface area (Å²) in [6.07, 6.45) is 16.0. The molecule has 2 saturated heterocycles. The molecule has 0 aliphatic carbocycles. The van der Waals surface area contributed by atoms with Crippen LogP contribution in [0.2, 0.25) is 0 Å². The number of aliphatic carboxylic acids is 1. The van der Waals surface area contributed by atoms with Crippen molar-refractivity contribution in [1.29, 1.82) is 0 Å². The van der Waals surface area contributed by atoms with E-state index in [1.165, 1.54) is 18.6 Å². The van der Waals surface area contributed by atoms with Gasteiger partial charge in [0.25, 0.3) is 0 Å². The van der Waals surface area contributed by atoms with Crippen LogP contribution in [0.3, 0.4) is 0 Å². The van der Waals surface area contributed by atoms with Gasteiger partial charge in [-0.25, -0.2) is 0 Å². The monoisotopic (exact) mass is 372 g/mol. The zero-order valence-corrected chi connectivity index (χ0v) is 15.8. The molecular weight excluding hydrogens is 344 g/mol. The summed E-state index contributed by atoms with van der Waals surface area (Å²) in [7, 11) is 0. The fraction of sp³-hybridized carbons (Fsp3) is 0.737. The summed E-state index contributed by atoms with van der Waals surface area (Å²) in [6, 6.07) is 0. The Morgan fingerprint density at radius 2 is 1.88 bits per heavy atom. The van der Waals surface area contributed by atoms with Crippen molar-refractivity contribution in [2.24, 2.45) is 11.8 Å². The molecule has 2 bridgehead atoms. The molecule has 0 aromatic heterocycles. The Labute approximate surface area is 154 Å². The average molecular weight is 373 g/mol. The van der Waals surface area contributed by atoms with Crippen molar-refractivity contribution in [3.63, 3.8) is 0 Å². The fourth-order valence-corrected chi connectivity index (χ4v) is 4.96. The smallest absolute Gasteiger partial charge is 0.303 e. The SMILES string of the molecule is O=C(O)CCC/C=C\C[C@@H]1[C@@H](CSCC=CCCCl)[C@@H]2CC[C@H]1O2. The number of alkyl halides is 1. The van der Waals surface area contributed by atoms with Gasteiger partial charge in [0, 0.05) is 18.1 Å². The second-order valence-corrected chi connectivity index (χ2v) is 8.05. The zero-order valence-electron chi connectivity index (χ0n) is 14.2. The van der Waals surface area contributed by atoms with Crippen molar-refractivity contribution in [3.05, 3.63) is 24.3 Å². The van der Waals surface area contributed by atoms with Crippen molar-refractivity contribution in [3.8, 4) is 0 Å². The number of thioether (sulfide) groups is 1. The molecule has 5 heteroatoms. The summed E-state index contributed by atoms with van der Waals surface area (Å²) in [4.78, 5) is 10.5. The van der Waals surface area contributed by atoms with Gasteiger partial charge in [-0.1, -0.05) is 24.3 Å². The number of allylic oxidation sites excluding steroid dienone is 3. The summed E-state index contributed by atoms with van der Waals surface area (Å²) in [6.45, 7) is 0. The second-order valence-electron chi connectivity index (χ2n) is 6.60. The van der Waals surface area contributed by atoms with E-state index in [0.29, 0.717) is 29.9 Å². The lowest BCUT2D eigenvalue weighted by molar-refractivity contribution is -0.137. The molecular formula is C19H29ClO3S. The minimum atomic E-state index is -0.706. The van der Waals surface area contributed by atoms with Crippen LogP contribution in [0.15, 0.2) is 24.3 Å². The maximum absolute atomic E-state index is 10.5. The Balaban J connectivity index is 1.69. The average Bonchev–Trinajstić information content (AvgIpc) is 3.15. The molecule has 2 aliphatic rings. The predicted molar refractivity (Wildman–Crippen MR) is 102 cm³/mol. The van der Waals surface area contributed by atoms with E-state index in [4.69, 9.17) is 21.4 Å². The van der Waals surface area contributed by atoms with Gasteiger partial charge < -0.3 is 9.84 Å². The topological polar surface area (TPSA) is 46.5 Å². The molecule has 24 heavy (non-hydrogen) atoms. The quantitative estimate of drug-likeness (QED) is 0.300. The van der Waals surface area contributed by atoms with Crippen LogP contribution in [-0.2, 0) is 9.53 Å². The third kappa shape index (κ3) is 6.45. The van der Waals surface area contributed by atoms with E-state index in [1.807, 2.05) is 11.8 Å². The fourth-order valence-electron chi connectivity index (χ4n) is 3.69. The van der Waals surface area contributed by atoms with Crippen LogP contribution in [0.25, 0.3) is 0 Å². The summed E-state index contributed by atoms with van der Waals surface area (Å²) >= 11 is 7.66. The van der Waals surface area contributed by atoms with Gasteiger partial charge in [-0.15, -0.1) is 11.6 Å². The molecule has 2 heterocycles. The lowest BCUT2D eigenvalue weighted by atomic mass is 9.78. The third-order valence-electron chi connectivity index (χ3n) is 4.89. The molecule has 0 aromatic carbocycles. The van der Waals surface area contributed by atoms with Crippen LogP contribution in [-0.4, -0.2) is 40.7 Å². The molecule has 2 aliphatic heterocycles. The zero-order chi connectivity index (χ0) is 17.2. The first-order chi connectivity index (χ1) is 11.7. The van der Waals surface area contributed by atoms with E-state index in [0.717, 1.165) is 31.4 Å². The Hall–Kier alpha value is -0.450. The normalized spacial score (nSPS) is 29.2. The number of halogens is 1. The standard InChI is InChI=1S/C19H29ClO3S/c20-12-6-3-7-13-24-14-16-15(17-10-11-18(16)23-17)8-4-1-2-5-9-19(21)22/h1,3-4,7,15-18H,2,5-6,8-14H2,(H,21,22)/b4-1-,7-3?/t15-,16-,17-,18+/m1/s1. The summed E-state index contributed by atoms with van der Waals surface area (Å²) in [5.74, 6) is 3.52. The molecule has 0 unspecified atom stereocenters. The number of carboxylic acids is 1. The lowest BCUT2D eigenvalue weighted by Crippen LogP contribution is -2.28. The number of unbranched alkanes of at least 4 members (excludes halogenated alkanes) is 1. The van der Waals surface area contributed by atoms with Crippen molar-refractivity contribution < 1.29 is 14.6 Å². The summed E-state index contributed by atoms with van der Waals surface area (Å²) < 4.78 is 6.14. The number of carboxylic acid groups (broad SMARTS) is 1. The van der Waals surface area contributed by atoms with Crippen molar-refractivity contribution in [2.45, 2.75) is 57.2 Å². The molecule has 0 spiro atoms. The van der Waals surface area contributed by atoms with Gasteiger partial charge in [0.15, 0.2) is 0 Å². The molecule has 0 amide bonds. The molecule has 2 rings (SSSR count). The molecule has 136 valence electrons. The molecule has 2 fully saturated rings. The molecule has 4 atom stereocenters. The lowest BCUT2D eigenvalue weighted by Gasteiger charge is -2.26. The first-order valence-electron chi connectivity index (χ1n) is 9.03. The Kier molecular flexibility index (Phi) is 9.29. The number of ether oxygens (including phenoxy) is 1. The molecule has 0 saturated carbocycles. The van der Waals surface area contributed by atoms with Gasteiger partial charge in [-0.3, -0.25) is 4.79 Å². The van der Waals surface area contributed by atoms with Gasteiger partial charge in [-0.05, 0) is 56.1 Å². The highest BCUT2D eigenvalue weighted by Crippen LogP contribution is 2.46. The Morgan fingerprint density at radius 3 is 2.62 bits per heavy atom. The maximum Gasteiger partial charge on any atom is 0.303 e. The first-order valence-corrected chi connectivity index (χ1v) is 10.7. The minimum absolute atomic E-state index is 0.262. The van der Waals surface area contributed by atoms with Crippen LogP contribution < -0.4 is 0 Å². The van der Waals surface area contributed by atoms with E-state index in [1.54, 1.807) is 0 Å². The highest BCUT2D eigenvalue weighted by atomic mass is 35.5. The molecule has 0 aromatic rings. The summed E-state index contributed by atoms with van der Waals surface area (Å²) in [5, 5.41) is 8.65. The third-order valence-corrected chi connectivity index (χ3v) is 6.16. The predicted octanol–water partition coefficient (Wildman–Crippen LogP) is 4.90. The van der Waals surface area contributed by atoms with Crippen molar-refractivity contribution >= 4 is 29.3 Å². The van der Waals surface area contributed by atoms with Gasteiger partial charge in [0.2, 0.25) is 0 Å². The summed E-state index contributed by atoms with van der Waals surface area (Å²) in [5.41, 5.74) is 0. The van der Waals surface area contributed by atoms with Gasteiger partial charge in [0.1, 0.15) is 0 Å². The largest absolute Gasteiger partial charge is 0.481 e. The van der Waals surface area contributed by atoms with Gasteiger partial charge >= 0.3 is 5.97 Å². The maximum atomic E-state index is 10.5. The van der Waals surface area contributed by atoms with E-state index < -0.39 is 5.97 Å². The Bertz CT molecular complexity index is 438. The number of hydrogen-bond acceptors (Lipinski definition) is 3.